The van der Waals surface area contributed by atoms with E-state index < -0.39 is 26.0 Å². The molecule has 2 saturated heterocycles. The lowest BCUT2D eigenvalue weighted by Crippen LogP contribution is -2.42. The minimum absolute atomic E-state index is 0.0254. The molecule has 2 aliphatic rings. The van der Waals surface area contributed by atoms with Gasteiger partial charge in [0.15, 0.2) is 0 Å². The molecule has 1 aromatic rings. The maximum Gasteiger partial charge on any atom is 0.310 e. The van der Waals surface area contributed by atoms with Crippen molar-refractivity contribution in [1.82, 2.24) is 8.61 Å². The largest absolute Gasteiger partial charge is 0.466 e. The maximum atomic E-state index is 12.9. The molecular formula is C18H26N2O6S2. The van der Waals surface area contributed by atoms with E-state index >= 15 is 0 Å². The van der Waals surface area contributed by atoms with E-state index in [1.54, 1.807) is 6.92 Å². The summed E-state index contributed by atoms with van der Waals surface area (Å²) in [5.74, 6) is -0.854. The highest BCUT2D eigenvalue weighted by molar-refractivity contribution is 7.89. The van der Waals surface area contributed by atoms with E-state index in [-0.39, 0.29) is 28.9 Å². The summed E-state index contributed by atoms with van der Waals surface area (Å²) < 4.78 is 58.8. The molecule has 0 spiro atoms. The number of piperidine rings is 1. The second-order valence-corrected chi connectivity index (χ2v) is 10.9. The number of carbonyl (C=O) groups is 1. The van der Waals surface area contributed by atoms with Crippen LogP contribution in [0, 0.1) is 5.92 Å². The Balaban J connectivity index is 1.77. The lowest BCUT2D eigenvalue weighted by molar-refractivity contribution is -0.149. The monoisotopic (exact) mass is 430 g/mol. The second-order valence-electron chi connectivity index (χ2n) is 7.04. The summed E-state index contributed by atoms with van der Waals surface area (Å²) in [6, 6.07) is 5.33. The van der Waals surface area contributed by atoms with Crippen molar-refractivity contribution in [2.75, 3.05) is 32.8 Å². The summed E-state index contributed by atoms with van der Waals surface area (Å²) in [7, 11) is -7.40. The molecule has 3 rings (SSSR count). The fourth-order valence-electron chi connectivity index (χ4n) is 3.62. The molecule has 10 heteroatoms. The summed E-state index contributed by atoms with van der Waals surface area (Å²) in [5.41, 5.74) is 0. The number of hydrogen-bond donors (Lipinski definition) is 0. The van der Waals surface area contributed by atoms with Crippen LogP contribution in [0.3, 0.4) is 0 Å². The van der Waals surface area contributed by atoms with E-state index in [1.165, 1.54) is 32.9 Å². The molecule has 1 aromatic carbocycles. The van der Waals surface area contributed by atoms with Gasteiger partial charge in [0.1, 0.15) is 0 Å². The van der Waals surface area contributed by atoms with E-state index in [4.69, 9.17) is 4.74 Å². The Hall–Kier alpha value is -1.49. The van der Waals surface area contributed by atoms with Crippen molar-refractivity contribution in [2.45, 2.75) is 42.4 Å². The van der Waals surface area contributed by atoms with Crippen LogP contribution in [0.1, 0.15) is 32.6 Å². The van der Waals surface area contributed by atoms with Crippen LogP contribution < -0.4 is 0 Å². The standard InChI is InChI=1S/C18H26N2O6S2/c1-2-26-18(21)15-6-5-13-20(14-15)28(24,25)17-9-7-16(8-10-17)27(22,23)19-11-3-4-12-19/h7-10,15H,2-6,11-14H2,1H3/t15-/m1/s1. The highest BCUT2D eigenvalue weighted by Gasteiger charge is 2.34. The summed E-state index contributed by atoms with van der Waals surface area (Å²) in [5, 5.41) is 0. The van der Waals surface area contributed by atoms with Gasteiger partial charge < -0.3 is 4.74 Å². The number of esters is 1. The number of carbonyl (C=O) groups excluding carboxylic acids is 1. The molecule has 28 heavy (non-hydrogen) atoms. The van der Waals surface area contributed by atoms with E-state index in [0.717, 1.165) is 12.8 Å². The molecular weight excluding hydrogens is 404 g/mol. The topological polar surface area (TPSA) is 101 Å². The first-order valence-electron chi connectivity index (χ1n) is 9.54. The lowest BCUT2D eigenvalue weighted by Gasteiger charge is -2.30. The van der Waals surface area contributed by atoms with E-state index in [2.05, 4.69) is 0 Å². The lowest BCUT2D eigenvalue weighted by atomic mass is 10.0. The predicted molar refractivity (Wildman–Crippen MR) is 103 cm³/mol. The van der Waals surface area contributed by atoms with Crippen LogP contribution in [-0.2, 0) is 29.6 Å². The number of sulfonamides is 2. The third-order valence-electron chi connectivity index (χ3n) is 5.17. The first-order chi connectivity index (χ1) is 13.3. The summed E-state index contributed by atoms with van der Waals surface area (Å²) in [4.78, 5) is 12.1. The third kappa shape index (κ3) is 4.24. The molecule has 0 aliphatic carbocycles. The highest BCUT2D eigenvalue weighted by Crippen LogP contribution is 2.26. The van der Waals surface area contributed by atoms with Crippen molar-refractivity contribution in [1.29, 1.82) is 0 Å². The van der Waals surface area contributed by atoms with Gasteiger partial charge in [-0.3, -0.25) is 4.79 Å². The van der Waals surface area contributed by atoms with Gasteiger partial charge >= 0.3 is 5.97 Å². The molecule has 2 aliphatic heterocycles. The quantitative estimate of drug-likeness (QED) is 0.633. The third-order valence-corrected chi connectivity index (χ3v) is 8.96. The van der Waals surface area contributed by atoms with Gasteiger partial charge in [0, 0.05) is 26.2 Å². The number of benzene rings is 1. The summed E-state index contributed by atoms with van der Waals surface area (Å²) in [6.07, 6.45) is 2.84. The molecule has 0 aromatic heterocycles. The fourth-order valence-corrected chi connectivity index (χ4v) is 6.66. The van der Waals surface area contributed by atoms with E-state index in [9.17, 15) is 21.6 Å². The minimum atomic E-state index is -3.81. The first kappa shape index (κ1) is 21.2. The number of hydrogen-bond acceptors (Lipinski definition) is 6. The molecule has 0 amide bonds. The fraction of sp³-hybridized carbons (Fsp3) is 0.611. The number of nitrogens with zero attached hydrogens (tertiary/aromatic N) is 2. The zero-order valence-corrected chi connectivity index (χ0v) is 17.5. The van der Waals surface area contributed by atoms with Gasteiger partial charge in [0.2, 0.25) is 20.0 Å². The Morgan fingerprint density at radius 1 is 0.929 bits per heavy atom. The van der Waals surface area contributed by atoms with Crippen LogP contribution >= 0.6 is 0 Å². The van der Waals surface area contributed by atoms with Gasteiger partial charge in [-0.1, -0.05) is 0 Å². The Labute approximate surface area is 166 Å². The molecule has 8 nitrogen and oxygen atoms in total. The SMILES string of the molecule is CCOC(=O)[C@@H]1CCCN(S(=O)(=O)c2ccc(S(=O)(=O)N3CCCC3)cc2)C1. The smallest absolute Gasteiger partial charge is 0.310 e. The summed E-state index contributed by atoms with van der Waals surface area (Å²) >= 11 is 0. The van der Waals surface area contributed by atoms with Crippen molar-refractivity contribution in [2.24, 2.45) is 5.92 Å². The van der Waals surface area contributed by atoms with Crippen molar-refractivity contribution >= 4 is 26.0 Å². The Kier molecular flexibility index (Phi) is 6.43. The van der Waals surface area contributed by atoms with Crippen LogP contribution in [-0.4, -0.2) is 64.2 Å². The minimum Gasteiger partial charge on any atom is -0.466 e. The predicted octanol–water partition coefficient (Wildman–Crippen LogP) is 1.43. The van der Waals surface area contributed by atoms with Crippen LogP contribution in [0.2, 0.25) is 0 Å². The van der Waals surface area contributed by atoms with Gasteiger partial charge in [-0.25, -0.2) is 16.8 Å². The second kappa shape index (κ2) is 8.48. The van der Waals surface area contributed by atoms with Crippen LogP contribution in [0.15, 0.2) is 34.1 Å². The van der Waals surface area contributed by atoms with Gasteiger partial charge in [0.05, 0.1) is 22.3 Å². The van der Waals surface area contributed by atoms with Crippen LogP contribution in [0.5, 0.6) is 0 Å². The van der Waals surface area contributed by atoms with Crippen molar-refractivity contribution in [3.05, 3.63) is 24.3 Å². The van der Waals surface area contributed by atoms with Gasteiger partial charge in [-0.2, -0.15) is 8.61 Å². The molecule has 2 fully saturated rings. The normalized spacial score (nSPS) is 22.2. The van der Waals surface area contributed by atoms with Crippen molar-refractivity contribution < 1.29 is 26.4 Å². The molecule has 0 unspecified atom stereocenters. The van der Waals surface area contributed by atoms with E-state index in [0.29, 0.717) is 32.5 Å². The molecule has 156 valence electrons. The Morgan fingerprint density at radius 3 is 1.96 bits per heavy atom. The Bertz CT molecular complexity index is 906. The maximum absolute atomic E-state index is 12.9. The number of rotatable bonds is 6. The molecule has 1 atom stereocenters. The highest BCUT2D eigenvalue weighted by atomic mass is 32.2. The molecule has 0 bridgehead atoms. The molecule has 0 N–H and O–H groups in total. The average molecular weight is 431 g/mol. The molecule has 0 radical (unpaired) electrons. The van der Waals surface area contributed by atoms with Crippen LogP contribution in [0.25, 0.3) is 0 Å². The first-order valence-corrected chi connectivity index (χ1v) is 12.4. The van der Waals surface area contributed by atoms with Crippen molar-refractivity contribution in [3.63, 3.8) is 0 Å². The van der Waals surface area contributed by atoms with E-state index in [1.807, 2.05) is 0 Å². The Morgan fingerprint density at radius 2 is 1.43 bits per heavy atom. The molecule has 2 heterocycles. The van der Waals surface area contributed by atoms with Gasteiger partial charge in [0.25, 0.3) is 0 Å². The number of ether oxygens (including phenoxy) is 1. The zero-order chi connectivity index (χ0) is 20.4. The average Bonchev–Trinajstić information content (AvgIpc) is 3.24. The van der Waals surface area contributed by atoms with Crippen molar-refractivity contribution in [3.8, 4) is 0 Å². The molecule has 0 saturated carbocycles. The van der Waals surface area contributed by atoms with Crippen LogP contribution in [0.4, 0.5) is 0 Å². The zero-order valence-electron chi connectivity index (χ0n) is 15.9. The summed E-state index contributed by atoms with van der Waals surface area (Å²) in [6.45, 7) is 3.36. The van der Waals surface area contributed by atoms with Gasteiger partial charge in [-0.05, 0) is 56.9 Å². The van der Waals surface area contributed by atoms with Gasteiger partial charge in [-0.15, -0.1) is 0 Å².